The van der Waals surface area contributed by atoms with Gasteiger partial charge in [-0.1, -0.05) is 37.4 Å². The van der Waals surface area contributed by atoms with Gasteiger partial charge in [0.25, 0.3) is 5.91 Å². The van der Waals surface area contributed by atoms with Crippen LogP contribution in [0.1, 0.15) is 49.4 Å². The topological polar surface area (TPSA) is 66.2 Å². The molecule has 3 rings (SSSR count). The van der Waals surface area contributed by atoms with Gasteiger partial charge in [0.1, 0.15) is 0 Å². The summed E-state index contributed by atoms with van der Waals surface area (Å²) in [6.07, 6.45) is 7.20. The van der Waals surface area contributed by atoms with Crippen molar-refractivity contribution in [3.8, 4) is 0 Å². The van der Waals surface area contributed by atoms with E-state index >= 15 is 0 Å². The molecule has 1 atom stereocenters. The van der Waals surface area contributed by atoms with Crippen LogP contribution in [0, 0.1) is 5.92 Å². The number of nitrogens with one attached hydrogen (secondary N) is 3. The molecule has 1 aliphatic heterocycles. The van der Waals surface area contributed by atoms with E-state index in [-0.39, 0.29) is 11.9 Å². The second-order valence-corrected chi connectivity index (χ2v) is 7.85. The minimum absolute atomic E-state index is 0.0436. The van der Waals surface area contributed by atoms with Crippen molar-refractivity contribution in [2.24, 2.45) is 5.92 Å². The van der Waals surface area contributed by atoms with E-state index in [0.717, 1.165) is 49.9 Å². The van der Waals surface area contributed by atoms with Gasteiger partial charge in [0.2, 0.25) is 0 Å². The fourth-order valence-electron chi connectivity index (χ4n) is 3.57. The first-order valence-corrected chi connectivity index (χ1v) is 10.4. The summed E-state index contributed by atoms with van der Waals surface area (Å²) in [5, 5.41) is 8.13. The van der Waals surface area contributed by atoms with Crippen LogP contribution in [0.3, 0.4) is 0 Å². The van der Waals surface area contributed by atoms with Crippen LogP contribution in [0.25, 0.3) is 10.9 Å². The lowest BCUT2D eigenvalue weighted by Gasteiger charge is -2.24. The second kappa shape index (κ2) is 10.1. The summed E-state index contributed by atoms with van der Waals surface area (Å²) in [6, 6.07) is 5.60. The molecule has 3 N–H and O–H groups in total. The lowest BCUT2D eigenvalue weighted by atomic mass is 9.99. The standard InChI is InChI=1S/C21H30ClN3O2/c1-2-3-4-17(14-27-13-15-7-9-23-10-8-15)25-21(26)16-5-6-18-19(22)12-24-20(18)11-16/h5-6,11-12,15,17,23-24H,2-4,7-10,13-14H2,1H3,(H,25,26). The number of unbranched alkanes of at least 4 members (excludes halogenated alkanes) is 1. The van der Waals surface area contributed by atoms with Crippen LogP contribution >= 0.6 is 11.6 Å². The third-order valence-electron chi connectivity index (χ3n) is 5.27. The monoisotopic (exact) mass is 391 g/mol. The van der Waals surface area contributed by atoms with Crippen molar-refractivity contribution in [3.05, 3.63) is 35.0 Å². The molecule has 2 aromatic rings. The van der Waals surface area contributed by atoms with Gasteiger partial charge in [-0.3, -0.25) is 4.79 Å². The normalized spacial score (nSPS) is 16.5. The Morgan fingerprint density at radius 1 is 1.37 bits per heavy atom. The molecule has 0 saturated carbocycles. The number of rotatable bonds is 9. The summed E-state index contributed by atoms with van der Waals surface area (Å²) in [7, 11) is 0. The Kier molecular flexibility index (Phi) is 7.56. The van der Waals surface area contributed by atoms with Crippen LogP contribution < -0.4 is 10.6 Å². The number of piperidine rings is 1. The molecule has 0 aliphatic carbocycles. The van der Waals surface area contributed by atoms with E-state index in [0.29, 0.717) is 23.1 Å². The van der Waals surface area contributed by atoms with Gasteiger partial charge in [0.05, 0.1) is 17.7 Å². The average molecular weight is 392 g/mol. The van der Waals surface area contributed by atoms with Crippen molar-refractivity contribution in [2.45, 2.75) is 45.1 Å². The molecule has 5 nitrogen and oxygen atoms in total. The Morgan fingerprint density at radius 3 is 2.96 bits per heavy atom. The first-order chi connectivity index (χ1) is 13.2. The van der Waals surface area contributed by atoms with E-state index in [4.69, 9.17) is 16.3 Å². The van der Waals surface area contributed by atoms with Gasteiger partial charge < -0.3 is 20.4 Å². The molecule has 1 fully saturated rings. The van der Waals surface area contributed by atoms with Crippen LogP contribution in [-0.2, 0) is 4.74 Å². The summed E-state index contributed by atoms with van der Waals surface area (Å²) < 4.78 is 5.98. The molecule has 6 heteroatoms. The highest BCUT2D eigenvalue weighted by Crippen LogP contribution is 2.23. The van der Waals surface area contributed by atoms with Crippen molar-refractivity contribution in [2.75, 3.05) is 26.3 Å². The summed E-state index contributed by atoms with van der Waals surface area (Å²) in [5.41, 5.74) is 1.51. The molecule has 0 bridgehead atoms. The second-order valence-electron chi connectivity index (χ2n) is 7.44. The first-order valence-electron chi connectivity index (χ1n) is 10.0. The Morgan fingerprint density at radius 2 is 2.19 bits per heavy atom. The number of hydrogen-bond donors (Lipinski definition) is 3. The highest BCUT2D eigenvalue weighted by Gasteiger charge is 2.17. The van der Waals surface area contributed by atoms with E-state index in [1.807, 2.05) is 18.2 Å². The maximum absolute atomic E-state index is 12.7. The highest BCUT2D eigenvalue weighted by atomic mass is 35.5. The zero-order valence-electron chi connectivity index (χ0n) is 16.0. The molecule has 2 heterocycles. The van der Waals surface area contributed by atoms with Crippen molar-refractivity contribution in [3.63, 3.8) is 0 Å². The molecule has 148 valence electrons. The molecule has 1 unspecified atom stereocenters. The number of ether oxygens (including phenoxy) is 1. The summed E-state index contributed by atoms with van der Waals surface area (Å²) in [5.74, 6) is 0.572. The van der Waals surface area contributed by atoms with E-state index in [1.165, 1.54) is 12.8 Å². The van der Waals surface area contributed by atoms with E-state index in [9.17, 15) is 4.79 Å². The SMILES string of the molecule is CCCCC(COCC1CCNCC1)NC(=O)c1ccc2c(Cl)c[nH]c2c1. The number of carbonyl (C=O) groups excluding carboxylic acids is 1. The largest absolute Gasteiger partial charge is 0.379 e. The van der Waals surface area contributed by atoms with Gasteiger partial charge in [-0.05, 0) is 50.4 Å². The number of carbonyl (C=O) groups is 1. The van der Waals surface area contributed by atoms with Crippen molar-refractivity contribution in [1.82, 2.24) is 15.6 Å². The summed E-state index contributed by atoms with van der Waals surface area (Å²) in [6.45, 7) is 5.68. The number of amides is 1. The first kappa shape index (κ1) is 20.2. The van der Waals surface area contributed by atoms with Gasteiger partial charge in [-0.25, -0.2) is 0 Å². The van der Waals surface area contributed by atoms with Gasteiger partial charge in [0.15, 0.2) is 0 Å². The fourth-order valence-corrected chi connectivity index (χ4v) is 3.79. The highest BCUT2D eigenvalue weighted by molar-refractivity contribution is 6.35. The van der Waals surface area contributed by atoms with E-state index in [2.05, 4.69) is 22.5 Å². The lowest BCUT2D eigenvalue weighted by Crippen LogP contribution is -2.39. The smallest absolute Gasteiger partial charge is 0.251 e. The Labute approximate surface area is 166 Å². The zero-order chi connectivity index (χ0) is 19.1. The van der Waals surface area contributed by atoms with Gasteiger partial charge in [-0.2, -0.15) is 0 Å². The average Bonchev–Trinajstić information content (AvgIpc) is 3.07. The van der Waals surface area contributed by atoms with Crippen LogP contribution in [0.2, 0.25) is 5.02 Å². The number of hydrogen-bond acceptors (Lipinski definition) is 3. The van der Waals surface area contributed by atoms with Crippen LogP contribution in [0.15, 0.2) is 24.4 Å². The molecule has 1 aromatic heterocycles. The molecule has 1 aromatic carbocycles. The van der Waals surface area contributed by atoms with Crippen molar-refractivity contribution >= 4 is 28.4 Å². The maximum Gasteiger partial charge on any atom is 0.251 e. The number of fused-ring (bicyclic) bond motifs is 1. The van der Waals surface area contributed by atoms with Crippen LogP contribution in [0.4, 0.5) is 0 Å². The van der Waals surface area contributed by atoms with Gasteiger partial charge in [-0.15, -0.1) is 0 Å². The predicted octanol–water partition coefficient (Wildman–Crippen LogP) is 4.13. The third-order valence-corrected chi connectivity index (χ3v) is 5.58. The van der Waals surface area contributed by atoms with Gasteiger partial charge in [0, 0.05) is 29.3 Å². The summed E-state index contributed by atoms with van der Waals surface area (Å²) in [4.78, 5) is 15.8. The number of aromatic nitrogens is 1. The number of aromatic amines is 1. The Hall–Kier alpha value is -1.56. The maximum atomic E-state index is 12.7. The zero-order valence-corrected chi connectivity index (χ0v) is 16.8. The number of benzene rings is 1. The van der Waals surface area contributed by atoms with Crippen LogP contribution in [0.5, 0.6) is 0 Å². The molecule has 1 aliphatic rings. The lowest BCUT2D eigenvalue weighted by molar-refractivity contribution is 0.0639. The molecule has 1 amide bonds. The minimum Gasteiger partial charge on any atom is -0.379 e. The molecule has 0 radical (unpaired) electrons. The van der Waals surface area contributed by atoms with Crippen LogP contribution in [-0.4, -0.2) is 43.2 Å². The van der Waals surface area contributed by atoms with Crippen molar-refractivity contribution in [1.29, 1.82) is 0 Å². The minimum atomic E-state index is -0.0609. The molecular weight excluding hydrogens is 362 g/mol. The fraction of sp³-hybridized carbons (Fsp3) is 0.571. The molecule has 0 spiro atoms. The predicted molar refractivity (Wildman–Crippen MR) is 111 cm³/mol. The van der Waals surface area contributed by atoms with E-state index in [1.54, 1.807) is 6.20 Å². The van der Waals surface area contributed by atoms with Crippen molar-refractivity contribution < 1.29 is 9.53 Å². The number of halogens is 1. The van der Waals surface area contributed by atoms with E-state index < -0.39 is 0 Å². The third kappa shape index (κ3) is 5.71. The molecular formula is C21H30ClN3O2. The quantitative estimate of drug-likeness (QED) is 0.602. The molecule has 1 saturated heterocycles. The number of H-pyrrole nitrogens is 1. The Bertz CT molecular complexity index is 740. The summed E-state index contributed by atoms with van der Waals surface area (Å²) >= 11 is 6.12. The molecule has 27 heavy (non-hydrogen) atoms. The Balaban J connectivity index is 1.55. The van der Waals surface area contributed by atoms with Gasteiger partial charge >= 0.3 is 0 Å².